The minimum atomic E-state index is -0.0278. The highest BCUT2D eigenvalue weighted by molar-refractivity contribution is 5.00. The van der Waals surface area contributed by atoms with E-state index in [-0.39, 0.29) is 11.8 Å². The molecule has 3 nitrogen and oxygen atoms in total. The molecule has 2 rings (SSSR count). The zero-order valence-corrected chi connectivity index (χ0v) is 5.39. The molecule has 2 saturated heterocycles. The third-order valence-corrected chi connectivity index (χ3v) is 2.29. The van der Waals surface area contributed by atoms with Crippen LogP contribution in [0.15, 0.2) is 0 Å². The number of hydrogen-bond donors (Lipinski definition) is 2. The molecule has 2 aliphatic rings. The number of rotatable bonds is 0. The lowest BCUT2D eigenvalue weighted by Crippen LogP contribution is -2.46. The Hall–Kier alpha value is -0.120. The van der Waals surface area contributed by atoms with Crippen LogP contribution in [0.25, 0.3) is 0 Å². The van der Waals surface area contributed by atoms with Crippen molar-refractivity contribution < 1.29 is 4.74 Å². The lowest BCUT2D eigenvalue weighted by molar-refractivity contribution is 0.0780. The molecule has 52 valence electrons. The highest BCUT2D eigenvalue weighted by Gasteiger charge is 2.44. The van der Waals surface area contributed by atoms with Gasteiger partial charge in [-0.1, -0.05) is 0 Å². The predicted octanol–water partition coefficient (Wildman–Crippen LogP) is -0.576. The van der Waals surface area contributed by atoms with Crippen LogP contribution in [-0.4, -0.2) is 24.9 Å². The second-order valence-corrected chi connectivity index (χ2v) is 2.94. The molecule has 0 aromatic carbocycles. The van der Waals surface area contributed by atoms with Gasteiger partial charge in [-0.2, -0.15) is 0 Å². The molecule has 3 heteroatoms. The van der Waals surface area contributed by atoms with Gasteiger partial charge in [0.05, 0.1) is 12.1 Å². The van der Waals surface area contributed by atoms with Crippen molar-refractivity contribution in [1.82, 2.24) is 5.32 Å². The SMILES string of the molecule is N[C@@]12CCN[C@H]1OCC2. The molecule has 2 fully saturated rings. The van der Waals surface area contributed by atoms with Crippen LogP contribution in [0.3, 0.4) is 0 Å². The van der Waals surface area contributed by atoms with Crippen molar-refractivity contribution >= 4 is 0 Å². The first-order valence-electron chi connectivity index (χ1n) is 3.45. The Morgan fingerprint density at radius 1 is 1.56 bits per heavy atom. The summed E-state index contributed by atoms with van der Waals surface area (Å²) in [7, 11) is 0. The summed E-state index contributed by atoms with van der Waals surface area (Å²) in [5.74, 6) is 0. The fourth-order valence-electron chi connectivity index (χ4n) is 1.62. The average molecular weight is 128 g/mol. The molecule has 0 aliphatic carbocycles. The van der Waals surface area contributed by atoms with Crippen LogP contribution in [-0.2, 0) is 4.74 Å². The summed E-state index contributed by atoms with van der Waals surface area (Å²) in [6.45, 7) is 1.84. The van der Waals surface area contributed by atoms with E-state index in [1.165, 1.54) is 0 Å². The fourth-order valence-corrected chi connectivity index (χ4v) is 1.62. The van der Waals surface area contributed by atoms with Gasteiger partial charge in [-0.3, -0.25) is 5.32 Å². The zero-order chi connectivity index (χ0) is 6.32. The molecular formula is C6H12N2O. The van der Waals surface area contributed by atoms with Gasteiger partial charge in [-0.05, 0) is 19.4 Å². The van der Waals surface area contributed by atoms with Crippen LogP contribution in [0.5, 0.6) is 0 Å². The van der Waals surface area contributed by atoms with Gasteiger partial charge < -0.3 is 10.5 Å². The Bertz CT molecular complexity index is 116. The minimum absolute atomic E-state index is 0.0278. The quantitative estimate of drug-likeness (QED) is 0.459. The van der Waals surface area contributed by atoms with Gasteiger partial charge in [-0.15, -0.1) is 0 Å². The Morgan fingerprint density at radius 2 is 2.44 bits per heavy atom. The number of nitrogens with one attached hydrogen (secondary N) is 1. The molecular weight excluding hydrogens is 116 g/mol. The highest BCUT2D eigenvalue weighted by Crippen LogP contribution is 2.28. The van der Waals surface area contributed by atoms with Gasteiger partial charge in [0.2, 0.25) is 0 Å². The lowest BCUT2D eigenvalue weighted by Gasteiger charge is -2.19. The van der Waals surface area contributed by atoms with E-state index in [0.717, 1.165) is 26.0 Å². The third kappa shape index (κ3) is 0.689. The van der Waals surface area contributed by atoms with E-state index in [1.807, 2.05) is 0 Å². The predicted molar refractivity (Wildman–Crippen MR) is 33.9 cm³/mol. The molecule has 3 N–H and O–H groups in total. The molecule has 0 saturated carbocycles. The first kappa shape index (κ1) is 5.65. The summed E-state index contributed by atoms with van der Waals surface area (Å²) in [6.07, 6.45) is 2.24. The molecule has 0 aromatic rings. The van der Waals surface area contributed by atoms with Crippen LogP contribution < -0.4 is 11.1 Å². The molecule has 2 heterocycles. The van der Waals surface area contributed by atoms with Crippen molar-refractivity contribution in [2.75, 3.05) is 13.2 Å². The summed E-state index contributed by atoms with van der Waals surface area (Å²) in [5, 5.41) is 3.21. The van der Waals surface area contributed by atoms with Crippen molar-refractivity contribution in [3.8, 4) is 0 Å². The number of hydrogen-bond acceptors (Lipinski definition) is 3. The van der Waals surface area contributed by atoms with Crippen LogP contribution in [0.2, 0.25) is 0 Å². The summed E-state index contributed by atoms with van der Waals surface area (Å²) < 4.78 is 5.34. The normalized spacial score (nSPS) is 49.7. The van der Waals surface area contributed by atoms with Gasteiger partial charge in [0.25, 0.3) is 0 Å². The number of nitrogens with two attached hydrogens (primary N) is 1. The molecule has 0 unspecified atom stereocenters. The summed E-state index contributed by atoms with van der Waals surface area (Å²) in [4.78, 5) is 0. The van der Waals surface area contributed by atoms with Crippen LogP contribution >= 0.6 is 0 Å². The van der Waals surface area contributed by atoms with E-state index in [2.05, 4.69) is 5.32 Å². The standard InChI is InChI=1S/C6H12N2O/c7-6-1-3-8-5(6)9-4-2-6/h5,8H,1-4,7H2/t5-,6+/m0/s1. The first-order valence-corrected chi connectivity index (χ1v) is 3.45. The second kappa shape index (κ2) is 1.68. The van der Waals surface area contributed by atoms with Crippen molar-refractivity contribution in [3.05, 3.63) is 0 Å². The van der Waals surface area contributed by atoms with Crippen molar-refractivity contribution in [1.29, 1.82) is 0 Å². The van der Waals surface area contributed by atoms with E-state index in [1.54, 1.807) is 0 Å². The highest BCUT2D eigenvalue weighted by atomic mass is 16.5. The Morgan fingerprint density at radius 3 is 3.22 bits per heavy atom. The molecule has 2 aliphatic heterocycles. The average Bonchev–Trinajstić information content (AvgIpc) is 2.22. The second-order valence-electron chi connectivity index (χ2n) is 2.94. The van der Waals surface area contributed by atoms with Gasteiger partial charge in [0, 0.05) is 0 Å². The maximum Gasteiger partial charge on any atom is 0.126 e. The molecule has 9 heavy (non-hydrogen) atoms. The zero-order valence-electron chi connectivity index (χ0n) is 5.39. The Kier molecular flexibility index (Phi) is 1.06. The molecule has 0 amide bonds. The first-order chi connectivity index (χ1) is 4.31. The molecule has 0 spiro atoms. The van der Waals surface area contributed by atoms with Crippen molar-refractivity contribution in [2.45, 2.75) is 24.6 Å². The summed E-state index contributed by atoms with van der Waals surface area (Å²) >= 11 is 0. The van der Waals surface area contributed by atoms with E-state index in [4.69, 9.17) is 10.5 Å². The fraction of sp³-hybridized carbons (Fsp3) is 1.00. The van der Waals surface area contributed by atoms with Crippen molar-refractivity contribution in [2.24, 2.45) is 5.73 Å². The van der Waals surface area contributed by atoms with Crippen LogP contribution in [0.4, 0.5) is 0 Å². The maximum absolute atomic E-state index is 5.98. The minimum Gasteiger partial charge on any atom is -0.361 e. The van der Waals surface area contributed by atoms with E-state index in [0.29, 0.717) is 0 Å². The molecule has 0 aromatic heterocycles. The molecule has 0 radical (unpaired) electrons. The molecule has 0 bridgehead atoms. The van der Waals surface area contributed by atoms with Gasteiger partial charge in [0.15, 0.2) is 0 Å². The summed E-state index contributed by atoms with van der Waals surface area (Å²) in [6, 6.07) is 0. The van der Waals surface area contributed by atoms with Gasteiger partial charge >= 0.3 is 0 Å². The Labute approximate surface area is 54.6 Å². The van der Waals surface area contributed by atoms with Crippen LogP contribution in [0.1, 0.15) is 12.8 Å². The Balaban J connectivity index is 2.17. The largest absolute Gasteiger partial charge is 0.361 e. The van der Waals surface area contributed by atoms with E-state index < -0.39 is 0 Å². The molecule has 2 atom stereocenters. The number of ether oxygens (including phenoxy) is 1. The van der Waals surface area contributed by atoms with Gasteiger partial charge in [0.1, 0.15) is 6.23 Å². The van der Waals surface area contributed by atoms with E-state index in [9.17, 15) is 0 Å². The summed E-state index contributed by atoms with van der Waals surface area (Å²) in [5.41, 5.74) is 5.95. The third-order valence-electron chi connectivity index (χ3n) is 2.29. The smallest absolute Gasteiger partial charge is 0.126 e. The number of fused-ring (bicyclic) bond motifs is 1. The van der Waals surface area contributed by atoms with Crippen LogP contribution in [0, 0.1) is 0 Å². The lowest BCUT2D eigenvalue weighted by atomic mass is 9.97. The topological polar surface area (TPSA) is 47.3 Å². The van der Waals surface area contributed by atoms with E-state index >= 15 is 0 Å². The van der Waals surface area contributed by atoms with Crippen molar-refractivity contribution in [3.63, 3.8) is 0 Å². The maximum atomic E-state index is 5.98. The van der Waals surface area contributed by atoms with Gasteiger partial charge in [-0.25, -0.2) is 0 Å². The monoisotopic (exact) mass is 128 g/mol.